The van der Waals surface area contributed by atoms with Crippen LogP contribution in [0.3, 0.4) is 0 Å². The van der Waals surface area contributed by atoms with E-state index >= 15 is 0 Å². The van der Waals surface area contributed by atoms with Crippen molar-refractivity contribution in [3.8, 4) is 34.3 Å². The number of hydrogen-bond donors (Lipinski definition) is 0. The van der Waals surface area contributed by atoms with E-state index in [1.807, 2.05) is 36.4 Å². The molecule has 0 radical (unpaired) electrons. The fourth-order valence-corrected chi connectivity index (χ4v) is 5.06. The zero-order chi connectivity index (χ0) is 25.4. The van der Waals surface area contributed by atoms with Gasteiger partial charge in [-0.2, -0.15) is 4.57 Å². The summed E-state index contributed by atoms with van der Waals surface area (Å²) in [4.78, 5) is 10.8. The van der Waals surface area contributed by atoms with E-state index in [1.165, 1.54) is 5.56 Å². The first kappa shape index (κ1) is 23.4. The van der Waals surface area contributed by atoms with Crippen molar-refractivity contribution in [1.29, 1.82) is 0 Å². The van der Waals surface area contributed by atoms with E-state index < -0.39 is 0 Å². The highest BCUT2D eigenvalue weighted by molar-refractivity contribution is 5.95. The van der Waals surface area contributed by atoms with Crippen LogP contribution in [0, 0.1) is 10.1 Å². The van der Waals surface area contributed by atoms with Crippen molar-refractivity contribution in [3.05, 3.63) is 81.5 Å². The standard InChI is InChI=1S/C28H27N2O6/c1-33-24-10-9-20-22(13-17-5-7-19(8-6-17)30(31)32)27-21-15-26(35-3)25(34-2)14-18(21)11-12-29(27)16-23(20)28(24)36-4/h5-10,14-16H,11-13H2,1-4H3/q+1. The summed E-state index contributed by atoms with van der Waals surface area (Å²) in [5.41, 5.74) is 5.47. The third-order valence-corrected chi connectivity index (χ3v) is 6.78. The molecule has 0 amide bonds. The van der Waals surface area contributed by atoms with E-state index in [9.17, 15) is 10.1 Å². The topological polar surface area (TPSA) is 83.9 Å². The Morgan fingerprint density at radius 2 is 1.56 bits per heavy atom. The second-order valence-corrected chi connectivity index (χ2v) is 8.63. The maximum Gasteiger partial charge on any atom is 0.269 e. The Labute approximate surface area is 208 Å². The molecule has 36 heavy (non-hydrogen) atoms. The van der Waals surface area contributed by atoms with Gasteiger partial charge in [0, 0.05) is 35.9 Å². The zero-order valence-electron chi connectivity index (χ0n) is 20.7. The Kier molecular flexibility index (Phi) is 6.10. The fraction of sp³-hybridized carbons (Fsp3) is 0.250. The third kappa shape index (κ3) is 3.84. The van der Waals surface area contributed by atoms with Crippen molar-refractivity contribution < 1.29 is 28.4 Å². The molecule has 0 unspecified atom stereocenters. The van der Waals surface area contributed by atoms with Gasteiger partial charge in [-0.15, -0.1) is 0 Å². The second-order valence-electron chi connectivity index (χ2n) is 8.63. The number of aryl methyl sites for hydroxylation is 2. The quantitative estimate of drug-likeness (QED) is 0.210. The molecule has 0 N–H and O–H groups in total. The molecule has 184 valence electrons. The first-order valence-electron chi connectivity index (χ1n) is 11.6. The number of methoxy groups -OCH3 is 4. The first-order valence-corrected chi connectivity index (χ1v) is 11.6. The molecule has 1 aliphatic heterocycles. The van der Waals surface area contributed by atoms with Crippen LogP contribution in [0.15, 0.2) is 54.7 Å². The summed E-state index contributed by atoms with van der Waals surface area (Å²) in [5, 5.41) is 13.1. The van der Waals surface area contributed by atoms with Crippen molar-refractivity contribution in [3.63, 3.8) is 0 Å². The maximum absolute atomic E-state index is 11.2. The number of nitro groups is 1. The average Bonchev–Trinajstić information content (AvgIpc) is 2.91. The number of nitrogens with zero attached hydrogens (tertiary/aromatic N) is 2. The summed E-state index contributed by atoms with van der Waals surface area (Å²) in [6.45, 7) is 0.779. The van der Waals surface area contributed by atoms with E-state index in [0.29, 0.717) is 29.4 Å². The zero-order valence-corrected chi connectivity index (χ0v) is 20.7. The predicted molar refractivity (Wildman–Crippen MR) is 135 cm³/mol. The minimum absolute atomic E-state index is 0.0710. The summed E-state index contributed by atoms with van der Waals surface area (Å²) in [6, 6.07) is 14.8. The number of pyridine rings is 1. The van der Waals surface area contributed by atoms with Gasteiger partial charge in [0.1, 0.15) is 0 Å². The summed E-state index contributed by atoms with van der Waals surface area (Å²) in [5.74, 6) is 2.70. The second kappa shape index (κ2) is 9.37. The molecule has 0 bridgehead atoms. The molecule has 4 aromatic rings. The molecule has 8 nitrogen and oxygen atoms in total. The van der Waals surface area contributed by atoms with E-state index in [-0.39, 0.29) is 10.6 Å². The van der Waals surface area contributed by atoms with Gasteiger partial charge in [-0.05, 0) is 35.4 Å². The van der Waals surface area contributed by atoms with Crippen molar-refractivity contribution in [1.82, 2.24) is 0 Å². The third-order valence-electron chi connectivity index (χ3n) is 6.78. The van der Waals surface area contributed by atoms with E-state index in [0.717, 1.165) is 46.1 Å². The molecule has 2 heterocycles. The van der Waals surface area contributed by atoms with Crippen LogP contribution in [0.4, 0.5) is 5.69 Å². The molecule has 0 saturated heterocycles. The summed E-state index contributed by atoms with van der Waals surface area (Å²) >= 11 is 0. The van der Waals surface area contributed by atoms with E-state index in [2.05, 4.69) is 10.8 Å². The van der Waals surface area contributed by atoms with Crippen LogP contribution in [0.5, 0.6) is 23.0 Å². The molecular formula is C28H27N2O6+. The molecule has 0 fully saturated rings. The highest BCUT2D eigenvalue weighted by Gasteiger charge is 2.31. The van der Waals surface area contributed by atoms with Gasteiger partial charge in [0.15, 0.2) is 35.7 Å². The van der Waals surface area contributed by atoms with Gasteiger partial charge in [-0.3, -0.25) is 10.1 Å². The van der Waals surface area contributed by atoms with Gasteiger partial charge in [-0.1, -0.05) is 12.1 Å². The lowest BCUT2D eigenvalue weighted by Gasteiger charge is -2.22. The van der Waals surface area contributed by atoms with Gasteiger partial charge in [-0.25, -0.2) is 0 Å². The van der Waals surface area contributed by atoms with E-state index in [4.69, 9.17) is 18.9 Å². The summed E-state index contributed by atoms with van der Waals surface area (Å²) in [6.07, 6.45) is 3.53. The molecule has 0 aliphatic carbocycles. The minimum atomic E-state index is -0.382. The first-order chi connectivity index (χ1) is 17.5. The number of rotatable bonds is 7. The molecule has 8 heteroatoms. The van der Waals surface area contributed by atoms with Crippen molar-refractivity contribution in [2.75, 3.05) is 28.4 Å². The van der Waals surface area contributed by atoms with Crippen LogP contribution in [-0.2, 0) is 19.4 Å². The smallest absolute Gasteiger partial charge is 0.269 e. The van der Waals surface area contributed by atoms with Crippen molar-refractivity contribution >= 4 is 16.5 Å². The number of nitro benzene ring substituents is 1. The molecule has 0 spiro atoms. The van der Waals surface area contributed by atoms with Gasteiger partial charge in [0.05, 0.1) is 44.3 Å². The number of aromatic nitrogens is 1. The monoisotopic (exact) mass is 487 g/mol. The van der Waals surface area contributed by atoms with Crippen LogP contribution in [-0.4, -0.2) is 33.4 Å². The van der Waals surface area contributed by atoms with Crippen LogP contribution in [0.1, 0.15) is 16.7 Å². The number of non-ortho nitro benzene ring substituents is 1. The minimum Gasteiger partial charge on any atom is -0.493 e. The Balaban J connectivity index is 1.79. The number of benzene rings is 3. The predicted octanol–water partition coefficient (Wildman–Crippen LogP) is 4.88. The van der Waals surface area contributed by atoms with Gasteiger partial charge in [0.25, 0.3) is 5.69 Å². The lowest BCUT2D eigenvalue weighted by Crippen LogP contribution is -2.41. The lowest BCUT2D eigenvalue weighted by atomic mass is 9.88. The van der Waals surface area contributed by atoms with Crippen LogP contribution >= 0.6 is 0 Å². The largest absolute Gasteiger partial charge is 0.493 e. The van der Waals surface area contributed by atoms with Crippen LogP contribution in [0.2, 0.25) is 0 Å². The molecule has 3 aromatic carbocycles. The fourth-order valence-electron chi connectivity index (χ4n) is 5.06. The normalized spacial score (nSPS) is 12.0. The molecule has 0 saturated carbocycles. The van der Waals surface area contributed by atoms with E-state index in [1.54, 1.807) is 40.6 Å². The van der Waals surface area contributed by atoms with Crippen molar-refractivity contribution in [2.24, 2.45) is 0 Å². The number of fused-ring (bicyclic) bond motifs is 4. The van der Waals surface area contributed by atoms with Gasteiger partial charge >= 0.3 is 0 Å². The summed E-state index contributed by atoms with van der Waals surface area (Å²) in [7, 11) is 6.55. The number of ether oxygens (including phenoxy) is 4. The molecule has 1 aromatic heterocycles. The van der Waals surface area contributed by atoms with Crippen LogP contribution in [0.25, 0.3) is 22.0 Å². The van der Waals surface area contributed by atoms with Crippen LogP contribution < -0.4 is 23.5 Å². The highest BCUT2D eigenvalue weighted by atomic mass is 16.6. The SMILES string of the molecule is COc1cc2c(cc1OC)-c1c(Cc3ccc([N+](=O)[O-])cc3)c3ccc(OC)c(OC)c3c[n+]1CC2. The van der Waals surface area contributed by atoms with Gasteiger partial charge in [0.2, 0.25) is 5.69 Å². The average molecular weight is 488 g/mol. The lowest BCUT2D eigenvalue weighted by molar-refractivity contribution is -0.686. The Hall–Kier alpha value is -4.33. The Morgan fingerprint density at radius 3 is 2.19 bits per heavy atom. The van der Waals surface area contributed by atoms with Gasteiger partial charge < -0.3 is 18.9 Å². The Morgan fingerprint density at radius 1 is 0.861 bits per heavy atom. The molecule has 0 atom stereocenters. The summed E-state index contributed by atoms with van der Waals surface area (Å²) < 4.78 is 24.8. The molecule has 5 rings (SSSR count). The maximum atomic E-state index is 11.2. The van der Waals surface area contributed by atoms with Crippen molar-refractivity contribution in [2.45, 2.75) is 19.4 Å². The molecule has 1 aliphatic rings. The number of hydrogen-bond acceptors (Lipinski definition) is 6. The Bertz CT molecular complexity index is 1480. The molecular weight excluding hydrogens is 460 g/mol. The highest BCUT2D eigenvalue weighted by Crippen LogP contribution is 2.43.